The van der Waals surface area contributed by atoms with Gasteiger partial charge in [0, 0.05) is 32.1 Å². The number of aryl methyl sites for hydroxylation is 1. The maximum Gasteiger partial charge on any atom is 0.0441 e. The highest BCUT2D eigenvalue weighted by Crippen LogP contribution is 2.29. The van der Waals surface area contributed by atoms with Crippen LogP contribution in [-0.2, 0) is 12.8 Å². The van der Waals surface area contributed by atoms with Gasteiger partial charge in [-0.1, -0.05) is 6.92 Å². The van der Waals surface area contributed by atoms with E-state index in [4.69, 9.17) is 5.73 Å². The molecule has 0 saturated carbocycles. The molecule has 2 heterocycles. The highest BCUT2D eigenvalue weighted by atomic mass is 79.9. The summed E-state index contributed by atoms with van der Waals surface area (Å²) in [6.07, 6.45) is 2.00. The van der Waals surface area contributed by atoms with Gasteiger partial charge in [-0.15, -0.1) is 22.7 Å². The van der Waals surface area contributed by atoms with E-state index in [1.807, 2.05) is 0 Å². The molecule has 0 bridgehead atoms. The van der Waals surface area contributed by atoms with Crippen molar-refractivity contribution >= 4 is 38.6 Å². The summed E-state index contributed by atoms with van der Waals surface area (Å²) >= 11 is 7.01. The third kappa shape index (κ3) is 2.74. The molecule has 0 aromatic carbocycles. The van der Waals surface area contributed by atoms with Crippen LogP contribution in [0.1, 0.15) is 28.3 Å². The fourth-order valence-electron chi connectivity index (χ4n) is 1.74. The van der Waals surface area contributed by atoms with Crippen LogP contribution in [-0.4, -0.2) is 0 Å². The maximum absolute atomic E-state index is 6.26. The van der Waals surface area contributed by atoms with Crippen molar-refractivity contribution < 1.29 is 0 Å². The first-order valence-electron chi connectivity index (χ1n) is 5.25. The lowest BCUT2D eigenvalue weighted by Crippen LogP contribution is -2.12. The molecule has 0 amide bonds. The Bertz CT molecular complexity index is 461. The van der Waals surface area contributed by atoms with Crippen molar-refractivity contribution in [3.8, 4) is 0 Å². The summed E-state index contributed by atoms with van der Waals surface area (Å²) in [6.45, 7) is 2.18. The van der Waals surface area contributed by atoms with Gasteiger partial charge in [-0.2, -0.15) is 0 Å². The van der Waals surface area contributed by atoms with E-state index in [1.165, 1.54) is 15.3 Å². The minimum Gasteiger partial charge on any atom is -0.323 e. The largest absolute Gasteiger partial charge is 0.323 e. The molecule has 0 aliphatic heterocycles. The van der Waals surface area contributed by atoms with Gasteiger partial charge in [0.05, 0.1) is 0 Å². The fraction of sp³-hybridized carbons (Fsp3) is 0.333. The molecule has 4 heteroatoms. The number of hydrogen-bond acceptors (Lipinski definition) is 3. The van der Waals surface area contributed by atoms with Gasteiger partial charge in [0.1, 0.15) is 0 Å². The minimum atomic E-state index is 0.139. The molecule has 0 fully saturated rings. The molecule has 2 rings (SSSR count). The molecule has 0 spiro atoms. The van der Waals surface area contributed by atoms with Crippen LogP contribution in [0.4, 0.5) is 0 Å². The van der Waals surface area contributed by atoms with Gasteiger partial charge in [-0.3, -0.25) is 0 Å². The van der Waals surface area contributed by atoms with Crippen LogP contribution in [0.25, 0.3) is 0 Å². The van der Waals surface area contributed by atoms with Crippen LogP contribution in [0, 0.1) is 0 Å². The molecule has 1 unspecified atom stereocenters. The summed E-state index contributed by atoms with van der Waals surface area (Å²) in [4.78, 5) is 2.68. The molecule has 86 valence electrons. The first-order valence-corrected chi connectivity index (χ1v) is 7.80. The van der Waals surface area contributed by atoms with E-state index >= 15 is 0 Å². The van der Waals surface area contributed by atoms with Crippen molar-refractivity contribution in [3.05, 3.63) is 42.7 Å². The predicted molar refractivity (Wildman–Crippen MR) is 76.3 cm³/mol. The Balaban J connectivity index is 2.11. The van der Waals surface area contributed by atoms with Crippen molar-refractivity contribution in [2.24, 2.45) is 5.73 Å². The van der Waals surface area contributed by atoms with Crippen LogP contribution in [0.15, 0.2) is 27.4 Å². The van der Waals surface area contributed by atoms with Crippen molar-refractivity contribution in [2.45, 2.75) is 25.8 Å². The summed E-state index contributed by atoms with van der Waals surface area (Å²) in [5.41, 5.74) is 7.66. The number of halogens is 1. The second-order valence-corrected chi connectivity index (χ2v) is 6.56. The van der Waals surface area contributed by atoms with Gasteiger partial charge in [-0.25, -0.2) is 0 Å². The molecule has 0 aliphatic rings. The topological polar surface area (TPSA) is 26.0 Å². The summed E-state index contributed by atoms with van der Waals surface area (Å²) in [7, 11) is 0. The van der Waals surface area contributed by atoms with Crippen LogP contribution in [0.3, 0.4) is 0 Å². The normalized spacial score (nSPS) is 12.9. The van der Waals surface area contributed by atoms with Crippen molar-refractivity contribution in [1.29, 1.82) is 0 Å². The van der Waals surface area contributed by atoms with Crippen LogP contribution < -0.4 is 5.73 Å². The van der Waals surface area contributed by atoms with Crippen molar-refractivity contribution in [3.63, 3.8) is 0 Å². The third-order valence-electron chi connectivity index (χ3n) is 2.54. The Kier molecular flexibility index (Phi) is 4.19. The number of nitrogens with two attached hydrogens (primary N) is 1. The molecule has 16 heavy (non-hydrogen) atoms. The zero-order chi connectivity index (χ0) is 11.5. The average Bonchev–Trinajstić information content (AvgIpc) is 2.86. The summed E-state index contributed by atoms with van der Waals surface area (Å²) in [6, 6.07) is 4.48. The highest BCUT2D eigenvalue weighted by Gasteiger charge is 2.13. The summed E-state index contributed by atoms with van der Waals surface area (Å²) in [5.74, 6) is 0. The molecular weight excluding hydrogens is 302 g/mol. The van der Waals surface area contributed by atoms with Crippen LogP contribution in [0.5, 0.6) is 0 Å². The van der Waals surface area contributed by atoms with E-state index in [-0.39, 0.29) is 6.04 Å². The molecular formula is C12H14BrNS2. The molecule has 2 aromatic rings. The summed E-state index contributed by atoms with van der Waals surface area (Å²) < 4.78 is 1.15. The van der Waals surface area contributed by atoms with Crippen molar-refractivity contribution in [1.82, 2.24) is 0 Å². The van der Waals surface area contributed by atoms with E-state index in [9.17, 15) is 0 Å². The van der Waals surface area contributed by atoms with E-state index in [2.05, 4.69) is 45.7 Å². The average molecular weight is 316 g/mol. The number of thiophene rings is 2. The van der Waals surface area contributed by atoms with E-state index in [0.29, 0.717) is 0 Å². The molecule has 1 atom stereocenters. The Labute approximate surface area is 112 Å². The van der Waals surface area contributed by atoms with Crippen LogP contribution >= 0.6 is 38.6 Å². The second kappa shape index (κ2) is 5.45. The SMILES string of the molecule is CCc1ccsc1C(N)Cc1cc(Br)cs1. The molecule has 2 N–H and O–H groups in total. The van der Waals surface area contributed by atoms with Crippen LogP contribution in [0.2, 0.25) is 0 Å². The van der Waals surface area contributed by atoms with Crippen molar-refractivity contribution in [2.75, 3.05) is 0 Å². The lowest BCUT2D eigenvalue weighted by Gasteiger charge is -2.10. The van der Waals surface area contributed by atoms with Gasteiger partial charge in [-0.05, 0) is 45.4 Å². The second-order valence-electron chi connectivity index (χ2n) is 3.71. The smallest absolute Gasteiger partial charge is 0.0441 e. The molecule has 0 saturated heterocycles. The van der Waals surface area contributed by atoms with E-state index in [1.54, 1.807) is 22.7 Å². The fourth-order valence-corrected chi connectivity index (χ4v) is 4.25. The van der Waals surface area contributed by atoms with Gasteiger partial charge in [0.25, 0.3) is 0 Å². The quantitative estimate of drug-likeness (QED) is 0.890. The Morgan fingerprint density at radius 2 is 2.25 bits per heavy atom. The monoisotopic (exact) mass is 315 g/mol. The minimum absolute atomic E-state index is 0.139. The van der Waals surface area contributed by atoms with E-state index < -0.39 is 0 Å². The highest BCUT2D eigenvalue weighted by molar-refractivity contribution is 9.10. The number of hydrogen-bond donors (Lipinski definition) is 1. The lowest BCUT2D eigenvalue weighted by molar-refractivity contribution is 0.736. The van der Waals surface area contributed by atoms with Gasteiger partial charge < -0.3 is 5.73 Å². The zero-order valence-electron chi connectivity index (χ0n) is 9.07. The van der Waals surface area contributed by atoms with Gasteiger partial charge >= 0.3 is 0 Å². The van der Waals surface area contributed by atoms with E-state index in [0.717, 1.165) is 17.3 Å². The molecule has 1 nitrogen and oxygen atoms in total. The van der Waals surface area contributed by atoms with Gasteiger partial charge in [0.2, 0.25) is 0 Å². The summed E-state index contributed by atoms with van der Waals surface area (Å²) in [5, 5.41) is 4.25. The lowest BCUT2D eigenvalue weighted by atomic mass is 10.1. The molecule has 2 aromatic heterocycles. The Morgan fingerprint density at radius 1 is 1.44 bits per heavy atom. The zero-order valence-corrected chi connectivity index (χ0v) is 12.3. The molecule has 0 radical (unpaired) electrons. The Morgan fingerprint density at radius 3 is 2.88 bits per heavy atom. The third-order valence-corrected chi connectivity index (χ3v) is 5.35. The molecule has 0 aliphatic carbocycles. The maximum atomic E-state index is 6.26. The Hall–Kier alpha value is -0.160. The number of rotatable bonds is 4. The predicted octanol–water partition coefficient (Wildman–Crippen LogP) is 4.38. The first-order chi connectivity index (χ1) is 7.70. The van der Waals surface area contributed by atoms with Gasteiger partial charge in [0.15, 0.2) is 0 Å². The first kappa shape index (κ1) is 12.3. The standard InChI is InChI=1S/C12H14BrNS2/c1-2-8-3-4-15-12(8)11(14)6-10-5-9(13)7-16-10/h3-5,7,11H,2,6,14H2,1H3.